The van der Waals surface area contributed by atoms with E-state index < -0.39 is 15.9 Å². The van der Waals surface area contributed by atoms with E-state index in [9.17, 15) is 13.2 Å². The van der Waals surface area contributed by atoms with Gasteiger partial charge in [0, 0.05) is 25.3 Å². The summed E-state index contributed by atoms with van der Waals surface area (Å²) < 4.78 is 25.8. The zero-order valence-corrected chi connectivity index (χ0v) is 17.1. The fourth-order valence-electron chi connectivity index (χ4n) is 2.48. The minimum atomic E-state index is -3.75. The van der Waals surface area contributed by atoms with Crippen molar-refractivity contribution >= 4 is 33.2 Å². The van der Waals surface area contributed by atoms with E-state index in [4.69, 9.17) is 11.6 Å². The molecule has 2 rings (SSSR count). The lowest BCUT2D eigenvalue weighted by molar-refractivity contribution is 0.102. The smallest absolute Gasteiger partial charge is 0.255 e. The van der Waals surface area contributed by atoms with E-state index in [1.54, 1.807) is 0 Å². The number of benzene rings is 2. The van der Waals surface area contributed by atoms with Gasteiger partial charge in [-0.3, -0.25) is 4.79 Å². The van der Waals surface area contributed by atoms with Crippen LogP contribution in [0.15, 0.2) is 47.4 Å². The molecular weight excluding hydrogens is 372 g/mol. The van der Waals surface area contributed by atoms with Gasteiger partial charge in [0.15, 0.2) is 0 Å². The van der Waals surface area contributed by atoms with Gasteiger partial charge in [-0.05, 0) is 35.2 Å². The molecular formula is C19H23ClN2O3S. The largest absolute Gasteiger partial charge is 0.322 e. The predicted molar refractivity (Wildman–Crippen MR) is 105 cm³/mol. The third-order valence-corrected chi connectivity index (χ3v) is 6.23. The van der Waals surface area contributed by atoms with Crippen molar-refractivity contribution in [2.45, 2.75) is 31.1 Å². The molecule has 0 atom stereocenters. The van der Waals surface area contributed by atoms with Crippen LogP contribution in [0.5, 0.6) is 0 Å². The number of anilines is 1. The highest BCUT2D eigenvalue weighted by atomic mass is 35.5. The Bertz CT molecular complexity index is 932. The van der Waals surface area contributed by atoms with Crippen LogP contribution < -0.4 is 5.32 Å². The maximum absolute atomic E-state index is 12.7. The number of halogens is 1. The SMILES string of the molecule is CN(C)S(=O)(=O)c1cc(C(=O)Nc2ccccc2C(C)(C)C)ccc1Cl. The van der Waals surface area contributed by atoms with Gasteiger partial charge < -0.3 is 5.32 Å². The van der Waals surface area contributed by atoms with Gasteiger partial charge in [0.2, 0.25) is 10.0 Å². The van der Waals surface area contributed by atoms with Gasteiger partial charge in [-0.25, -0.2) is 12.7 Å². The van der Waals surface area contributed by atoms with Gasteiger partial charge in [0.25, 0.3) is 5.91 Å². The molecule has 2 aromatic carbocycles. The number of hydrogen-bond acceptors (Lipinski definition) is 3. The first-order valence-electron chi connectivity index (χ1n) is 8.07. The molecule has 0 aliphatic rings. The molecule has 1 N–H and O–H groups in total. The molecule has 140 valence electrons. The monoisotopic (exact) mass is 394 g/mol. The molecule has 0 bridgehead atoms. The molecule has 0 unspecified atom stereocenters. The molecule has 0 heterocycles. The first-order valence-corrected chi connectivity index (χ1v) is 9.89. The third kappa shape index (κ3) is 4.26. The zero-order valence-electron chi connectivity index (χ0n) is 15.5. The number of hydrogen-bond donors (Lipinski definition) is 1. The van der Waals surface area contributed by atoms with Crippen LogP contribution in [0.4, 0.5) is 5.69 Å². The lowest BCUT2D eigenvalue weighted by Crippen LogP contribution is -2.23. The molecule has 5 nitrogen and oxygen atoms in total. The van der Waals surface area contributed by atoms with Crippen LogP contribution in [-0.2, 0) is 15.4 Å². The van der Waals surface area contributed by atoms with Crippen molar-refractivity contribution < 1.29 is 13.2 Å². The summed E-state index contributed by atoms with van der Waals surface area (Å²) in [7, 11) is -0.917. The zero-order chi connectivity index (χ0) is 19.7. The molecule has 0 spiro atoms. The average molecular weight is 395 g/mol. The molecule has 1 amide bonds. The molecule has 0 aliphatic heterocycles. The van der Waals surface area contributed by atoms with E-state index in [0.29, 0.717) is 5.69 Å². The number of amides is 1. The quantitative estimate of drug-likeness (QED) is 0.847. The Morgan fingerprint density at radius 2 is 1.69 bits per heavy atom. The molecule has 0 saturated carbocycles. The van der Waals surface area contributed by atoms with Gasteiger partial charge in [0.1, 0.15) is 4.90 Å². The average Bonchev–Trinajstić information content (AvgIpc) is 2.54. The Morgan fingerprint density at radius 1 is 1.08 bits per heavy atom. The number of nitrogens with one attached hydrogen (secondary N) is 1. The number of nitrogens with zero attached hydrogens (tertiary/aromatic N) is 1. The Kier molecular flexibility index (Phi) is 5.80. The third-order valence-electron chi connectivity index (χ3n) is 3.94. The van der Waals surface area contributed by atoms with Crippen molar-refractivity contribution in [1.29, 1.82) is 0 Å². The minimum absolute atomic E-state index is 0.0744. The van der Waals surface area contributed by atoms with Crippen molar-refractivity contribution in [2.24, 2.45) is 0 Å². The second-order valence-corrected chi connectivity index (χ2v) is 9.71. The van der Waals surface area contributed by atoms with Crippen molar-refractivity contribution in [3.63, 3.8) is 0 Å². The molecule has 0 fully saturated rings. The second-order valence-electron chi connectivity index (χ2n) is 7.18. The van der Waals surface area contributed by atoms with Crippen LogP contribution in [0.1, 0.15) is 36.7 Å². The van der Waals surface area contributed by atoms with Crippen molar-refractivity contribution in [3.8, 4) is 0 Å². The van der Waals surface area contributed by atoms with Crippen LogP contribution in [0.2, 0.25) is 5.02 Å². The summed E-state index contributed by atoms with van der Waals surface area (Å²) in [6.07, 6.45) is 0. The summed E-state index contributed by atoms with van der Waals surface area (Å²) >= 11 is 6.04. The van der Waals surface area contributed by atoms with Crippen LogP contribution >= 0.6 is 11.6 Å². The molecule has 0 aromatic heterocycles. The van der Waals surface area contributed by atoms with Crippen LogP contribution in [-0.4, -0.2) is 32.7 Å². The highest BCUT2D eigenvalue weighted by Gasteiger charge is 2.23. The van der Waals surface area contributed by atoms with E-state index in [0.717, 1.165) is 9.87 Å². The Balaban J connectivity index is 2.42. The highest BCUT2D eigenvalue weighted by molar-refractivity contribution is 7.89. The number of carbonyl (C=O) groups is 1. The molecule has 2 aromatic rings. The fourth-order valence-corrected chi connectivity index (χ4v) is 3.87. The normalized spacial score (nSPS) is 12.3. The lowest BCUT2D eigenvalue weighted by Gasteiger charge is -2.23. The minimum Gasteiger partial charge on any atom is -0.322 e. The summed E-state index contributed by atoms with van der Waals surface area (Å²) in [5.41, 5.74) is 1.75. The maximum atomic E-state index is 12.7. The lowest BCUT2D eigenvalue weighted by atomic mass is 9.86. The molecule has 0 aliphatic carbocycles. The first kappa shape index (κ1) is 20.4. The van der Waals surface area contributed by atoms with E-state index in [1.807, 2.05) is 24.3 Å². The van der Waals surface area contributed by atoms with Crippen molar-refractivity contribution in [1.82, 2.24) is 4.31 Å². The van der Waals surface area contributed by atoms with Crippen molar-refractivity contribution in [3.05, 3.63) is 58.6 Å². The topological polar surface area (TPSA) is 66.5 Å². The molecule has 0 radical (unpaired) electrons. The van der Waals surface area contributed by atoms with E-state index in [1.165, 1.54) is 32.3 Å². The molecule has 7 heteroatoms. The van der Waals surface area contributed by atoms with Crippen LogP contribution in [0.3, 0.4) is 0 Å². The van der Waals surface area contributed by atoms with Gasteiger partial charge >= 0.3 is 0 Å². The van der Waals surface area contributed by atoms with Crippen LogP contribution in [0, 0.1) is 0 Å². The Morgan fingerprint density at radius 3 is 2.27 bits per heavy atom. The van der Waals surface area contributed by atoms with Crippen LogP contribution in [0.25, 0.3) is 0 Å². The number of carbonyl (C=O) groups excluding carboxylic acids is 1. The predicted octanol–water partition coefficient (Wildman–Crippen LogP) is 4.14. The van der Waals surface area contributed by atoms with Crippen molar-refractivity contribution in [2.75, 3.05) is 19.4 Å². The fraction of sp³-hybridized carbons (Fsp3) is 0.316. The Labute approximate surface area is 160 Å². The number of sulfonamides is 1. The van der Waals surface area contributed by atoms with Gasteiger partial charge in [0.05, 0.1) is 5.02 Å². The van der Waals surface area contributed by atoms with E-state index in [-0.39, 0.29) is 20.9 Å². The van der Waals surface area contributed by atoms with E-state index >= 15 is 0 Å². The summed E-state index contributed by atoms with van der Waals surface area (Å²) in [4.78, 5) is 12.6. The van der Waals surface area contributed by atoms with E-state index in [2.05, 4.69) is 26.1 Å². The second kappa shape index (κ2) is 7.39. The Hall–Kier alpha value is -1.89. The highest BCUT2D eigenvalue weighted by Crippen LogP contribution is 2.30. The molecule has 0 saturated heterocycles. The van der Waals surface area contributed by atoms with Gasteiger partial charge in [-0.1, -0.05) is 50.6 Å². The molecule has 26 heavy (non-hydrogen) atoms. The number of rotatable bonds is 4. The summed E-state index contributed by atoms with van der Waals surface area (Å²) in [5, 5.41) is 2.94. The van der Waals surface area contributed by atoms with Gasteiger partial charge in [-0.15, -0.1) is 0 Å². The first-order chi connectivity index (χ1) is 11.9. The standard InChI is InChI=1S/C19H23ClN2O3S/c1-19(2,3)14-8-6-7-9-16(14)21-18(23)13-10-11-15(20)17(12-13)26(24,25)22(4)5/h6-12H,1-5H3,(H,21,23). The summed E-state index contributed by atoms with van der Waals surface area (Å²) in [5.74, 6) is -0.395. The van der Waals surface area contributed by atoms with Gasteiger partial charge in [-0.2, -0.15) is 0 Å². The number of para-hydroxylation sites is 1. The summed E-state index contributed by atoms with van der Waals surface area (Å²) in [6, 6.07) is 11.8. The summed E-state index contributed by atoms with van der Waals surface area (Å²) in [6.45, 7) is 6.17. The maximum Gasteiger partial charge on any atom is 0.255 e.